The van der Waals surface area contributed by atoms with Gasteiger partial charge in [-0.25, -0.2) is 9.97 Å². The SMILES string of the molecule is O=Cc1c(Cl)ncnc1NCCC1=CCCCC1. The monoisotopic (exact) mass is 265 g/mol. The molecular weight excluding hydrogens is 250 g/mol. The Kier molecular flexibility index (Phi) is 4.70. The van der Waals surface area contributed by atoms with E-state index in [1.165, 1.54) is 37.6 Å². The Morgan fingerprint density at radius 2 is 2.28 bits per heavy atom. The predicted octanol–water partition coefficient (Wildman–Crippen LogP) is 3.24. The molecule has 0 bridgehead atoms. The Labute approximate surface area is 111 Å². The van der Waals surface area contributed by atoms with Gasteiger partial charge < -0.3 is 5.32 Å². The predicted molar refractivity (Wildman–Crippen MR) is 72.1 cm³/mol. The van der Waals surface area contributed by atoms with Gasteiger partial charge in [-0.2, -0.15) is 0 Å². The summed E-state index contributed by atoms with van der Waals surface area (Å²) in [5.41, 5.74) is 1.82. The molecule has 0 spiro atoms. The molecular formula is C13H16ClN3O. The van der Waals surface area contributed by atoms with Crippen LogP contribution in [0.2, 0.25) is 5.15 Å². The molecule has 1 aromatic rings. The minimum atomic E-state index is 0.194. The zero-order chi connectivity index (χ0) is 12.8. The molecule has 0 fully saturated rings. The van der Waals surface area contributed by atoms with E-state index in [0.29, 0.717) is 17.7 Å². The number of rotatable bonds is 5. The Hall–Kier alpha value is -1.42. The van der Waals surface area contributed by atoms with Gasteiger partial charge in [-0.05, 0) is 32.1 Å². The van der Waals surface area contributed by atoms with Gasteiger partial charge >= 0.3 is 0 Å². The summed E-state index contributed by atoms with van der Waals surface area (Å²) < 4.78 is 0. The van der Waals surface area contributed by atoms with Gasteiger partial charge in [0, 0.05) is 6.54 Å². The molecule has 96 valence electrons. The van der Waals surface area contributed by atoms with Crippen LogP contribution in [0.3, 0.4) is 0 Å². The van der Waals surface area contributed by atoms with Gasteiger partial charge in [-0.1, -0.05) is 23.3 Å². The van der Waals surface area contributed by atoms with Crippen molar-refractivity contribution >= 4 is 23.7 Å². The molecule has 0 atom stereocenters. The van der Waals surface area contributed by atoms with Gasteiger partial charge in [0.2, 0.25) is 0 Å². The maximum absolute atomic E-state index is 10.9. The van der Waals surface area contributed by atoms with Crippen molar-refractivity contribution in [3.8, 4) is 0 Å². The first-order valence-electron chi connectivity index (χ1n) is 6.18. The normalized spacial score (nSPS) is 15.1. The van der Waals surface area contributed by atoms with Gasteiger partial charge in [0.15, 0.2) is 6.29 Å². The van der Waals surface area contributed by atoms with E-state index in [0.717, 1.165) is 13.0 Å². The molecule has 1 N–H and O–H groups in total. The van der Waals surface area contributed by atoms with Crippen LogP contribution in [0.5, 0.6) is 0 Å². The van der Waals surface area contributed by atoms with Crippen molar-refractivity contribution in [2.45, 2.75) is 32.1 Å². The molecule has 2 rings (SSSR count). The third kappa shape index (κ3) is 3.29. The summed E-state index contributed by atoms with van der Waals surface area (Å²) in [5.74, 6) is 0.515. The summed E-state index contributed by atoms with van der Waals surface area (Å²) in [4.78, 5) is 18.7. The summed E-state index contributed by atoms with van der Waals surface area (Å²) in [6.45, 7) is 0.764. The molecule has 1 aliphatic carbocycles. The summed E-state index contributed by atoms with van der Waals surface area (Å²) >= 11 is 5.82. The minimum Gasteiger partial charge on any atom is -0.369 e. The highest BCUT2D eigenvalue weighted by Crippen LogP contribution is 2.21. The fourth-order valence-corrected chi connectivity index (χ4v) is 2.27. The van der Waals surface area contributed by atoms with E-state index in [9.17, 15) is 4.79 Å². The molecule has 18 heavy (non-hydrogen) atoms. The Morgan fingerprint density at radius 3 is 3.00 bits per heavy atom. The van der Waals surface area contributed by atoms with Crippen molar-refractivity contribution in [3.05, 3.63) is 28.7 Å². The highest BCUT2D eigenvalue weighted by Gasteiger charge is 2.09. The molecule has 0 aliphatic heterocycles. The molecule has 0 saturated heterocycles. The first-order valence-corrected chi connectivity index (χ1v) is 6.56. The number of halogens is 1. The smallest absolute Gasteiger partial charge is 0.156 e. The average molecular weight is 266 g/mol. The number of carbonyl (C=O) groups is 1. The van der Waals surface area contributed by atoms with Crippen molar-refractivity contribution < 1.29 is 4.79 Å². The summed E-state index contributed by atoms with van der Waals surface area (Å²) in [6.07, 6.45) is 10.3. The molecule has 5 heteroatoms. The van der Waals surface area contributed by atoms with E-state index >= 15 is 0 Å². The molecule has 1 aliphatic rings. The number of anilines is 1. The second kappa shape index (κ2) is 6.50. The Morgan fingerprint density at radius 1 is 1.39 bits per heavy atom. The topological polar surface area (TPSA) is 54.9 Å². The number of allylic oxidation sites excluding steroid dienone is 1. The molecule has 0 aromatic carbocycles. The lowest BCUT2D eigenvalue weighted by atomic mass is 9.97. The lowest BCUT2D eigenvalue weighted by Gasteiger charge is -2.13. The van der Waals surface area contributed by atoms with Crippen LogP contribution in [0.4, 0.5) is 5.82 Å². The van der Waals surface area contributed by atoms with Gasteiger partial charge in [-0.3, -0.25) is 4.79 Å². The largest absolute Gasteiger partial charge is 0.369 e. The highest BCUT2D eigenvalue weighted by molar-refractivity contribution is 6.32. The maximum atomic E-state index is 10.9. The number of aromatic nitrogens is 2. The summed E-state index contributed by atoms with van der Waals surface area (Å²) in [7, 11) is 0. The standard InChI is InChI=1S/C13H16ClN3O/c14-12-11(8-18)13(17-9-16-12)15-7-6-10-4-2-1-3-5-10/h4,8-9H,1-3,5-7H2,(H,15,16,17). The van der Waals surface area contributed by atoms with E-state index in [4.69, 9.17) is 11.6 Å². The number of aldehydes is 1. The van der Waals surface area contributed by atoms with E-state index < -0.39 is 0 Å². The lowest BCUT2D eigenvalue weighted by molar-refractivity contribution is 0.112. The maximum Gasteiger partial charge on any atom is 0.156 e. The van der Waals surface area contributed by atoms with Crippen molar-refractivity contribution in [3.63, 3.8) is 0 Å². The number of nitrogens with one attached hydrogen (secondary N) is 1. The molecule has 0 amide bonds. The zero-order valence-corrected chi connectivity index (χ0v) is 10.9. The van der Waals surface area contributed by atoms with Crippen molar-refractivity contribution in [2.24, 2.45) is 0 Å². The molecule has 1 aromatic heterocycles. The molecule has 0 saturated carbocycles. The van der Waals surface area contributed by atoms with Crippen molar-refractivity contribution in [1.82, 2.24) is 9.97 Å². The van der Waals surface area contributed by atoms with Crippen LogP contribution >= 0.6 is 11.6 Å². The number of carbonyl (C=O) groups excluding carboxylic acids is 1. The number of hydrogen-bond acceptors (Lipinski definition) is 4. The van der Waals surface area contributed by atoms with Gasteiger partial charge in [0.1, 0.15) is 17.3 Å². The first kappa shape index (κ1) is 13.0. The zero-order valence-electron chi connectivity index (χ0n) is 10.2. The van der Waals surface area contributed by atoms with E-state index in [1.807, 2.05) is 0 Å². The molecule has 0 radical (unpaired) electrons. The third-order valence-electron chi connectivity index (χ3n) is 3.08. The van der Waals surface area contributed by atoms with Crippen LogP contribution in [-0.2, 0) is 0 Å². The van der Waals surface area contributed by atoms with Gasteiger partial charge in [0.05, 0.1) is 5.56 Å². The highest BCUT2D eigenvalue weighted by atomic mass is 35.5. The molecule has 4 nitrogen and oxygen atoms in total. The van der Waals surface area contributed by atoms with Crippen LogP contribution in [-0.4, -0.2) is 22.8 Å². The van der Waals surface area contributed by atoms with E-state index in [1.54, 1.807) is 0 Å². The van der Waals surface area contributed by atoms with Gasteiger partial charge in [-0.15, -0.1) is 0 Å². The lowest BCUT2D eigenvalue weighted by Crippen LogP contribution is -2.08. The fraction of sp³-hybridized carbons (Fsp3) is 0.462. The molecule has 0 unspecified atom stereocenters. The molecule has 1 heterocycles. The fourth-order valence-electron chi connectivity index (χ4n) is 2.09. The van der Waals surface area contributed by atoms with Crippen molar-refractivity contribution in [2.75, 3.05) is 11.9 Å². The van der Waals surface area contributed by atoms with Crippen LogP contribution in [0.1, 0.15) is 42.5 Å². The Balaban J connectivity index is 1.92. The summed E-state index contributed by atoms with van der Waals surface area (Å²) in [5, 5.41) is 3.34. The van der Waals surface area contributed by atoms with Crippen molar-refractivity contribution in [1.29, 1.82) is 0 Å². The second-order valence-corrected chi connectivity index (χ2v) is 4.69. The minimum absolute atomic E-state index is 0.194. The third-order valence-corrected chi connectivity index (χ3v) is 3.38. The quantitative estimate of drug-likeness (QED) is 0.504. The van der Waals surface area contributed by atoms with Crippen LogP contribution in [0, 0.1) is 0 Å². The number of nitrogens with zero attached hydrogens (tertiary/aromatic N) is 2. The number of hydrogen-bond donors (Lipinski definition) is 1. The average Bonchev–Trinajstić information content (AvgIpc) is 2.40. The van der Waals surface area contributed by atoms with Crippen LogP contribution in [0.15, 0.2) is 18.0 Å². The van der Waals surface area contributed by atoms with E-state index in [2.05, 4.69) is 21.4 Å². The van der Waals surface area contributed by atoms with Crippen LogP contribution in [0.25, 0.3) is 0 Å². The van der Waals surface area contributed by atoms with Gasteiger partial charge in [0.25, 0.3) is 0 Å². The second-order valence-electron chi connectivity index (χ2n) is 4.33. The van der Waals surface area contributed by atoms with Crippen LogP contribution < -0.4 is 5.32 Å². The first-order chi connectivity index (χ1) is 8.81. The Bertz CT molecular complexity index is 460. The van der Waals surface area contributed by atoms with E-state index in [-0.39, 0.29) is 5.15 Å². The summed E-state index contributed by atoms with van der Waals surface area (Å²) in [6, 6.07) is 0.